The highest BCUT2D eigenvalue weighted by atomic mass is 16.5. The lowest BCUT2D eigenvalue weighted by atomic mass is 9.90. The molecule has 2 aromatic rings. The summed E-state index contributed by atoms with van der Waals surface area (Å²) in [4.78, 5) is 4.76. The Balaban J connectivity index is 1.75. The van der Waals surface area contributed by atoms with E-state index in [1.807, 2.05) is 24.3 Å². The van der Waals surface area contributed by atoms with Gasteiger partial charge in [-0.25, -0.2) is 0 Å². The molecular weight excluding hydrogens is 286 g/mol. The van der Waals surface area contributed by atoms with Gasteiger partial charge in [-0.1, -0.05) is 36.4 Å². The van der Waals surface area contributed by atoms with Crippen molar-refractivity contribution in [2.45, 2.75) is 19.3 Å². The molecule has 3 nitrogen and oxygen atoms in total. The minimum Gasteiger partial charge on any atom is -0.496 e. The fraction of sp³-hybridized carbons (Fsp3) is 0.350. The Hall–Kier alpha value is -2.29. The number of methoxy groups -OCH3 is 2. The molecule has 0 aromatic heterocycles. The van der Waals surface area contributed by atoms with Gasteiger partial charge in [0.25, 0.3) is 0 Å². The standard InChI is InChI=1S/C20H23NO2/c1-22-19-9-5-3-7-16(19)13-15-11-12-21-18(15)14-17-8-4-6-10-20(17)23-2/h3-10,15H,11-14H2,1-2H3. The number of rotatable bonds is 6. The van der Waals surface area contributed by atoms with E-state index in [-0.39, 0.29) is 0 Å². The molecule has 0 amide bonds. The van der Waals surface area contributed by atoms with Crippen LogP contribution in [-0.4, -0.2) is 26.5 Å². The van der Waals surface area contributed by atoms with Crippen LogP contribution < -0.4 is 9.47 Å². The summed E-state index contributed by atoms with van der Waals surface area (Å²) in [6.07, 6.45) is 2.96. The minimum absolute atomic E-state index is 0.483. The van der Waals surface area contributed by atoms with E-state index in [4.69, 9.17) is 14.5 Å². The van der Waals surface area contributed by atoms with Gasteiger partial charge < -0.3 is 9.47 Å². The summed E-state index contributed by atoms with van der Waals surface area (Å²) in [7, 11) is 3.46. The zero-order valence-corrected chi connectivity index (χ0v) is 13.8. The van der Waals surface area contributed by atoms with Crippen molar-refractivity contribution in [1.82, 2.24) is 0 Å². The maximum absolute atomic E-state index is 5.49. The van der Waals surface area contributed by atoms with Gasteiger partial charge in [-0.15, -0.1) is 0 Å². The topological polar surface area (TPSA) is 30.8 Å². The maximum Gasteiger partial charge on any atom is 0.122 e. The molecule has 1 aliphatic rings. The summed E-state index contributed by atoms with van der Waals surface area (Å²) in [6.45, 7) is 0.921. The quantitative estimate of drug-likeness (QED) is 0.809. The van der Waals surface area contributed by atoms with Gasteiger partial charge in [-0.3, -0.25) is 4.99 Å². The van der Waals surface area contributed by atoms with Crippen LogP contribution in [0, 0.1) is 5.92 Å². The molecule has 1 atom stereocenters. The summed E-state index contributed by atoms with van der Waals surface area (Å²) in [5, 5.41) is 0. The third-order valence-corrected chi connectivity index (χ3v) is 4.49. The number of aliphatic imine (C=N–C) groups is 1. The molecule has 0 fully saturated rings. The van der Waals surface area contributed by atoms with Gasteiger partial charge >= 0.3 is 0 Å². The second kappa shape index (κ2) is 7.32. The lowest BCUT2D eigenvalue weighted by molar-refractivity contribution is 0.407. The monoisotopic (exact) mass is 309 g/mol. The molecule has 3 rings (SSSR count). The van der Waals surface area contributed by atoms with Crippen molar-refractivity contribution >= 4 is 5.71 Å². The van der Waals surface area contributed by atoms with Crippen LogP contribution >= 0.6 is 0 Å². The van der Waals surface area contributed by atoms with E-state index in [1.54, 1.807) is 14.2 Å². The fourth-order valence-electron chi connectivity index (χ4n) is 3.26. The maximum atomic E-state index is 5.49. The Kier molecular flexibility index (Phi) is 4.96. The van der Waals surface area contributed by atoms with Crippen molar-refractivity contribution in [2.75, 3.05) is 20.8 Å². The van der Waals surface area contributed by atoms with Crippen molar-refractivity contribution < 1.29 is 9.47 Å². The second-order valence-corrected chi connectivity index (χ2v) is 5.86. The first-order valence-corrected chi connectivity index (χ1v) is 8.09. The number of hydrogen-bond donors (Lipinski definition) is 0. The first kappa shape index (κ1) is 15.6. The van der Waals surface area contributed by atoms with Crippen LogP contribution in [0.15, 0.2) is 53.5 Å². The first-order valence-electron chi connectivity index (χ1n) is 8.09. The lowest BCUT2D eigenvalue weighted by Gasteiger charge is -2.16. The van der Waals surface area contributed by atoms with E-state index in [0.29, 0.717) is 5.92 Å². The molecule has 120 valence electrons. The van der Waals surface area contributed by atoms with E-state index < -0.39 is 0 Å². The number of ether oxygens (including phenoxy) is 2. The van der Waals surface area contributed by atoms with Gasteiger partial charge in [0.15, 0.2) is 0 Å². The molecule has 0 radical (unpaired) electrons. The minimum atomic E-state index is 0.483. The summed E-state index contributed by atoms with van der Waals surface area (Å²) in [5.41, 5.74) is 3.75. The molecule has 0 N–H and O–H groups in total. The largest absolute Gasteiger partial charge is 0.496 e. The fourth-order valence-corrected chi connectivity index (χ4v) is 3.26. The SMILES string of the molecule is COc1ccccc1CC1=NCCC1Cc1ccccc1OC. The smallest absolute Gasteiger partial charge is 0.122 e. The Bertz CT molecular complexity index is 694. The Morgan fingerprint density at radius 1 is 0.913 bits per heavy atom. The highest BCUT2D eigenvalue weighted by Gasteiger charge is 2.23. The average Bonchev–Trinajstić information content (AvgIpc) is 3.03. The van der Waals surface area contributed by atoms with Crippen LogP contribution in [-0.2, 0) is 12.8 Å². The van der Waals surface area contributed by atoms with Crippen LogP contribution in [0.5, 0.6) is 11.5 Å². The number of hydrogen-bond acceptors (Lipinski definition) is 3. The van der Waals surface area contributed by atoms with Crippen molar-refractivity contribution in [3.63, 3.8) is 0 Å². The molecule has 1 heterocycles. The van der Waals surface area contributed by atoms with Crippen LogP contribution in [0.4, 0.5) is 0 Å². The molecule has 1 unspecified atom stereocenters. The number of benzene rings is 2. The average molecular weight is 309 g/mol. The van der Waals surface area contributed by atoms with Gasteiger partial charge in [-0.05, 0) is 36.1 Å². The van der Waals surface area contributed by atoms with Crippen LogP contribution in [0.3, 0.4) is 0 Å². The van der Waals surface area contributed by atoms with Crippen molar-refractivity contribution in [3.8, 4) is 11.5 Å². The van der Waals surface area contributed by atoms with Gasteiger partial charge in [0.05, 0.1) is 14.2 Å². The normalized spacial score (nSPS) is 17.0. The molecule has 0 aliphatic carbocycles. The van der Waals surface area contributed by atoms with Crippen molar-refractivity contribution in [1.29, 1.82) is 0 Å². The van der Waals surface area contributed by atoms with Gasteiger partial charge in [-0.2, -0.15) is 0 Å². The van der Waals surface area contributed by atoms with Crippen molar-refractivity contribution in [3.05, 3.63) is 59.7 Å². The molecule has 0 bridgehead atoms. The predicted molar refractivity (Wildman–Crippen MR) is 93.8 cm³/mol. The van der Waals surface area contributed by atoms with E-state index in [2.05, 4.69) is 24.3 Å². The van der Waals surface area contributed by atoms with Crippen LogP contribution in [0.1, 0.15) is 17.5 Å². The third-order valence-electron chi connectivity index (χ3n) is 4.49. The summed E-state index contributed by atoms with van der Waals surface area (Å²) in [6, 6.07) is 16.5. The Morgan fingerprint density at radius 2 is 1.52 bits per heavy atom. The van der Waals surface area contributed by atoms with Gasteiger partial charge in [0, 0.05) is 24.6 Å². The van der Waals surface area contributed by atoms with Gasteiger partial charge in [0.2, 0.25) is 0 Å². The zero-order chi connectivity index (χ0) is 16.1. The molecule has 3 heteroatoms. The molecule has 0 spiro atoms. The summed E-state index contributed by atoms with van der Waals surface area (Å²) >= 11 is 0. The van der Waals surface area contributed by atoms with Crippen LogP contribution in [0.2, 0.25) is 0 Å². The molecule has 23 heavy (non-hydrogen) atoms. The lowest BCUT2D eigenvalue weighted by Crippen LogP contribution is -2.16. The second-order valence-electron chi connectivity index (χ2n) is 5.86. The van der Waals surface area contributed by atoms with Gasteiger partial charge in [0.1, 0.15) is 11.5 Å². The molecule has 1 aliphatic heterocycles. The molecule has 2 aromatic carbocycles. The first-order chi connectivity index (χ1) is 11.3. The molecule has 0 saturated carbocycles. The summed E-state index contributed by atoms with van der Waals surface area (Å²) in [5.74, 6) is 2.39. The van der Waals surface area contributed by atoms with E-state index in [9.17, 15) is 0 Å². The van der Waals surface area contributed by atoms with Crippen molar-refractivity contribution in [2.24, 2.45) is 10.9 Å². The number of para-hydroxylation sites is 2. The zero-order valence-electron chi connectivity index (χ0n) is 13.8. The highest BCUT2D eigenvalue weighted by Crippen LogP contribution is 2.28. The Labute approximate surface area is 138 Å². The Morgan fingerprint density at radius 3 is 2.22 bits per heavy atom. The third kappa shape index (κ3) is 3.55. The molecular formula is C20H23NO2. The predicted octanol–water partition coefficient (Wildman–Crippen LogP) is 3.95. The van der Waals surface area contributed by atoms with Crippen LogP contribution in [0.25, 0.3) is 0 Å². The van der Waals surface area contributed by atoms with E-state index in [1.165, 1.54) is 16.8 Å². The van der Waals surface area contributed by atoms with E-state index in [0.717, 1.165) is 37.3 Å². The van der Waals surface area contributed by atoms with E-state index >= 15 is 0 Å². The highest BCUT2D eigenvalue weighted by molar-refractivity contribution is 5.90. The molecule has 0 saturated heterocycles. The number of nitrogens with zero attached hydrogens (tertiary/aromatic N) is 1. The summed E-state index contributed by atoms with van der Waals surface area (Å²) < 4.78 is 11.0.